The topological polar surface area (TPSA) is 57.7 Å². The number of imide groups is 1. The molecule has 2 heterocycles. The molecule has 5 heteroatoms. The molecule has 0 bridgehead atoms. The summed E-state index contributed by atoms with van der Waals surface area (Å²) in [5, 5.41) is 0. The SMILES string of the molecule is O=C([C@H](Cc1ccccc1)N1C(=O)c2ccccc2C1=O)N1CCCCCC1. The Morgan fingerprint density at radius 1 is 0.786 bits per heavy atom. The maximum absolute atomic E-state index is 13.5. The molecule has 1 fully saturated rings. The largest absolute Gasteiger partial charge is 0.341 e. The average molecular weight is 376 g/mol. The number of hydrogen-bond donors (Lipinski definition) is 0. The van der Waals surface area contributed by atoms with Gasteiger partial charge in [0.1, 0.15) is 6.04 Å². The minimum Gasteiger partial charge on any atom is -0.341 e. The zero-order valence-corrected chi connectivity index (χ0v) is 15.8. The number of likely N-dealkylation sites (tertiary alicyclic amines) is 1. The molecule has 0 N–H and O–H groups in total. The van der Waals surface area contributed by atoms with E-state index >= 15 is 0 Å². The van der Waals surface area contributed by atoms with Crippen LogP contribution >= 0.6 is 0 Å². The molecule has 4 rings (SSSR count). The van der Waals surface area contributed by atoms with E-state index in [2.05, 4.69) is 0 Å². The van der Waals surface area contributed by atoms with Crippen LogP contribution in [0.1, 0.15) is 52.0 Å². The Morgan fingerprint density at radius 3 is 1.89 bits per heavy atom. The molecular weight excluding hydrogens is 352 g/mol. The summed E-state index contributed by atoms with van der Waals surface area (Å²) in [5.74, 6) is -0.866. The van der Waals surface area contributed by atoms with Crippen molar-refractivity contribution in [2.75, 3.05) is 13.1 Å². The first kappa shape index (κ1) is 18.4. The second kappa shape index (κ2) is 7.97. The van der Waals surface area contributed by atoms with Gasteiger partial charge in [0.05, 0.1) is 11.1 Å². The third kappa shape index (κ3) is 3.44. The number of carbonyl (C=O) groups excluding carboxylic acids is 3. The average Bonchev–Trinajstić information content (AvgIpc) is 2.91. The van der Waals surface area contributed by atoms with E-state index in [-0.39, 0.29) is 17.7 Å². The molecule has 2 aliphatic heterocycles. The van der Waals surface area contributed by atoms with Crippen LogP contribution in [-0.2, 0) is 11.2 Å². The van der Waals surface area contributed by atoms with Gasteiger partial charge >= 0.3 is 0 Å². The van der Waals surface area contributed by atoms with Crippen LogP contribution in [0.25, 0.3) is 0 Å². The smallest absolute Gasteiger partial charge is 0.262 e. The summed E-state index contributed by atoms with van der Waals surface area (Å²) in [4.78, 5) is 42.5. The molecule has 0 spiro atoms. The molecule has 0 aromatic heterocycles. The molecular formula is C23H24N2O3. The molecule has 2 aromatic rings. The van der Waals surface area contributed by atoms with Crippen LogP contribution in [0.2, 0.25) is 0 Å². The zero-order chi connectivity index (χ0) is 19.5. The van der Waals surface area contributed by atoms with Gasteiger partial charge in [-0.05, 0) is 30.5 Å². The Balaban J connectivity index is 1.68. The van der Waals surface area contributed by atoms with Gasteiger partial charge in [0.2, 0.25) is 5.91 Å². The highest BCUT2D eigenvalue weighted by Crippen LogP contribution is 2.27. The molecule has 3 amide bonds. The molecule has 2 aromatic carbocycles. The van der Waals surface area contributed by atoms with Gasteiger partial charge in [0.15, 0.2) is 0 Å². The molecule has 2 aliphatic rings. The lowest BCUT2D eigenvalue weighted by Gasteiger charge is -2.31. The highest BCUT2D eigenvalue weighted by atomic mass is 16.2. The van der Waals surface area contributed by atoms with E-state index in [1.54, 1.807) is 24.3 Å². The number of amides is 3. The molecule has 5 nitrogen and oxygen atoms in total. The van der Waals surface area contributed by atoms with Crippen molar-refractivity contribution in [2.45, 2.75) is 38.1 Å². The van der Waals surface area contributed by atoms with Gasteiger partial charge in [-0.2, -0.15) is 0 Å². The highest BCUT2D eigenvalue weighted by Gasteiger charge is 2.43. The third-order valence-electron chi connectivity index (χ3n) is 5.61. The van der Waals surface area contributed by atoms with Crippen LogP contribution < -0.4 is 0 Å². The summed E-state index contributed by atoms with van der Waals surface area (Å²) in [6.45, 7) is 1.38. The minimum absolute atomic E-state index is 0.125. The Morgan fingerprint density at radius 2 is 1.32 bits per heavy atom. The first-order valence-corrected chi connectivity index (χ1v) is 9.96. The molecule has 0 unspecified atom stereocenters. The predicted octanol–water partition coefficient (Wildman–Crippen LogP) is 3.30. The first-order chi connectivity index (χ1) is 13.7. The monoisotopic (exact) mass is 376 g/mol. The summed E-state index contributed by atoms with van der Waals surface area (Å²) < 4.78 is 0. The lowest BCUT2D eigenvalue weighted by atomic mass is 10.0. The van der Waals surface area contributed by atoms with E-state index in [0.717, 1.165) is 31.2 Å². The van der Waals surface area contributed by atoms with Crippen molar-refractivity contribution in [3.8, 4) is 0 Å². The van der Waals surface area contributed by atoms with Gasteiger partial charge in [-0.1, -0.05) is 55.3 Å². The van der Waals surface area contributed by atoms with Gasteiger partial charge < -0.3 is 4.90 Å². The Labute approximate surface area is 164 Å². The molecule has 0 saturated carbocycles. The van der Waals surface area contributed by atoms with Gasteiger partial charge in [0.25, 0.3) is 11.8 Å². The normalized spacial score (nSPS) is 18.0. The van der Waals surface area contributed by atoms with E-state index < -0.39 is 6.04 Å². The van der Waals surface area contributed by atoms with Crippen molar-refractivity contribution >= 4 is 17.7 Å². The van der Waals surface area contributed by atoms with Gasteiger partial charge in [-0.15, -0.1) is 0 Å². The summed E-state index contributed by atoms with van der Waals surface area (Å²) in [7, 11) is 0. The van der Waals surface area contributed by atoms with Crippen molar-refractivity contribution in [3.63, 3.8) is 0 Å². The van der Waals surface area contributed by atoms with Crippen molar-refractivity contribution in [3.05, 3.63) is 71.3 Å². The minimum atomic E-state index is -0.812. The van der Waals surface area contributed by atoms with Crippen molar-refractivity contribution in [1.82, 2.24) is 9.80 Å². The first-order valence-electron chi connectivity index (χ1n) is 9.96. The van der Waals surface area contributed by atoms with Crippen molar-refractivity contribution < 1.29 is 14.4 Å². The summed E-state index contributed by atoms with van der Waals surface area (Å²) >= 11 is 0. The Hall–Kier alpha value is -2.95. The van der Waals surface area contributed by atoms with Gasteiger partial charge in [-0.25, -0.2) is 0 Å². The number of nitrogens with zero attached hydrogens (tertiary/aromatic N) is 2. The molecule has 1 atom stereocenters. The van der Waals surface area contributed by atoms with Crippen LogP contribution in [0.15, 0.2) is 54.6 Å². The second-order valence-electron chi connectivity index (χ2n) is 7.47. The fourth-order valence-electron chi connectivity index (χ4n) is 4.12. The van der Waals surface area contributed by atoms with E-state index in [0.29, 0.717) is 30.6 Å². The number of carbonyl (C=O) groups is 3. The van der Waals surface area contributed by atoms with E-state index in [1.807, 2.05) is 35.2 Å². The lowest BCUT2D eigenvalue weighted by molar-refractivity contribution is -0.135. The highest BCUT2D eigenvalue weighted by molar-refractivity contribution is 6.22. The Kier molecular flexibility index (Phi) is 5.24. The molecule has 0 radical (unpaired) electrons. The van der Waals surface area contributed by atoms with Crippen LogP contribution in [-0.4, -0.2) is 46.7 Å². The van der Waals surface area contributed by atoms with E-state index in [4.69, 9.17) is 0 Å². The van der Waals surface area contributed by atoms with Gasteiger partial charge in [-0.3, -0.25) is 19.3 Å². The maximum atomic E-state index is 13.5. The Bertz CT molecular complexity index is 851. The maximum Gasteiger partial charge on any atom is 0.262 e. The van der Waals surface area contributed by atoms with Crippen molar-refractivity contribution in [2.24, 2.45) is 0 Å². The number of fused-ring (bicyclic) bond motifs is 1. The van der Waals surface area contributed by atoms with E-state index in [9.17, 15) is 14.4 Å². The number of rotatable bonds is 4. The van der Waals surface area contributed by atoms with Crippen LogP contribution in [0.3, 0.4) is 0 Å². The predicted molar refractivity (Wildman–Crippen MR) is 106 cm³/mol. The number of benzene rings is 2. The summed E-state index contributed by atoms with van der Waals surface area (Å²) in [5.41, 5.74) is 1.70. The van der Waals surface area contributed by atoms with Gasteiger partial charge in [0, 0.05) is 19.5 Å². The fourth-order valence-corrected chi connectivity index (χ4v) is 4.12. The third-order valence-corrected chi connectivity index (χ3v) is 5.61. The zero-order valence-electron chi connectivity index (χ0n) is 15.8. The second-order valence-corrected chi connectivity index (χ2v) is 7.47. The lowest BCUT2D eigenvalue weighted by Crippen LogP contribution is -2.52. The summed E-state index contributed by atoms with van der Waals surface area (Å²) in [6.07, 6.45) is 4.49. The van der Waals surface area contributed by atoms with Crippen molar-refractivity contribution in [1.29, 1.82) is 0 Å². The van der Waals surface area contributed by atoms with Crippen LogP contribution in [0.4, 0.5) is 0 Å². The number of hydrogen-bond acceptors (Lipinski definition) is 3. The standard InChI is InChI=1S/C23H24N2O3/c26-21-18-12-6-7-13-19(18)22(27)25(21)20(16-17-10-4-3-5-11-17)23(28)24-14-8-1-2-9-15-24/h3-7,10-13,20H,1-2,8-9,14-16H2/t20-/m0/s1. The molecule has 0 aliphatic carbocycles. The fraction of sp³-hybridized carbons (Fsp3) is 0.348. The van der Waals surface area contributed by atoms with Crippen LogP contribution in [0.5, 0.6) is 0 Å². The van der Waals surface area contributed by atoms with Crippen LogP contribution in [0, 0.1) is 0 Å². The summed E-state index contributed by atoms with van der Waals surface area (Å²) in [6, 6.07) is 15.6. The molecule has 1 saturated heterocycles. The molecule has 144 valence electrons. The molecule has 28 heavy (non-hydrogen) atoms. The quantitative estimate of drug-likeness (QED) is 0.770. The van der Waals surface area contributed by atoms with E-state index in [1.165, 1.54) is 4.90 Å².